The fraction of sp³-hybridized carbons (Fsp3) is 0.650. The lowest BCUT2D eigenvalue weighted by molar-refractivity contribution is -0.129. The molecular weight excluding hydrogens is 286 g/mol. The number of para-hydroxylation sites is 1. The van der Waals surface area contributed by atoms with E-state index < -0.39 is 0 Å². The molecular formula is C20H27NO2. The summed E-state index contributed by atoms with van der Waals surface area (Å²) in [5.74, 6) is 3.83. The third-order valence-electron chi connectivity index (χ3n) is 6.14. The lowest BCUT2D eigenvalue weighted by Gasteiger charge is -2.56. The Bertz CT molecular complexity index is 519. The van der Waals surface area contributed by atoms with Crippen LogP contribution in [0.4, 0.5) is 0 Å². The molecule has 4 fully saturated rings. The van der Waals surface area contributed by atoms with Crippen LogP contribution in [0.2, 0.25) is 0 Å². The normalized spacial score (nSPS) is 34.3. The van der Waals surface area contributed by atoms with Crippen molar-refractivity contribution < 1.29 is 9.53 Å². The van der Waals surface area contributed by atoms with Crippen LogP contribution in [0.25, 0.3) is 0 Å². The number of carbonyl (C=O) groups excluding carboxylic acids is 1. The number of nitrogens with one attached hydrogen (secondary N) is 1. The van der Waals surface area contributed by atoms with Crippen molar-refractivity contribution in [3.05, 3.63) is 30.3 Å². The maximum absolute atomic E-state index is 12.4. The van der Waals surface area contributed by atoms with Crippen molar-refractivity contribution in [3.8, 4) is 5.75 Å². The fourth-order valence-corrected chi connectivity index (χ4v) is 5.79. The van der Waals surface area contributed by atoms with E-state index in [0.29, 0.717) is 18.6 Å². The molecule has 0 saturated heterocycles. The second-order valence-electron chi connectivity index (χ2n) is 8.11. The molecule has 4 bridgehead atoms. The highest BCUT2D eigenvalue weighted by atomic mass is 16.5. The Kier molecular flexibility index (Phi) is 4.04. The van der Waals surface area contributed by atoms with Crippen molar-refractivity contribution in [2.75, 3.05) is 13.2 Å². The molecule has 23 heavy (non-hydrogen) atoms. The molecule has 0 atom stereocenters. The number of hydrogen-bond acceptors (Lipinski definition) is 2. The van der Waals surface area contributed by atoms with E-state index in [4.69, 9.17) is 4.74 Å². The van der Waals surface area contributed by atoms with Crippen LogP contribution in [-0.4, -0.2) is 19.1 Å². The Labute approximate surface area is 138 Å². The van der Waals surface area contributed by atoms with Gasteiger partial charge in [-0.3, -0.25) is 4.79 Å². The third kappa shape index (κ3) is 3.39. The summed E-state index contributed by atoms with van der Waals surface area (Å²) in [7, 11) is 0. The zero-order valence-corrected chi connectivity index (χ0v) is 13.8. The van der Waals surface area contributed by atoms with Gasteiger partial charge in [-0.15, -0.1) is 0 Å². The average Bonchev–Trinajstić information content (AvgIpc) is 2.51. The topological polar surface area (TPSA) is 38.3 Å². The molecule has 0 radical (unpaired) electrons. The van der Waals surface area contributed by atoms with Crippen molar-refractivity contribution in [1.29, 1.82) is 0 Å². The van der Waals surface area contributed by atoms with Crippen LogP contribution in [0, 0.1) is 23.2 Å². The molecule has 4 aliphatic rings. The van der Waals surface area contributed by atoms with Crippen molar-refractivity contribution >= 4 is 5.91 Å². The molecule has 3 heteroatoms. The van der Waals surface area contributed by atoms with Crippen molar-refractivity contribution in [3.63, 3.8) is 0 Å². The van der Waals surface area contributed by atoms with Gasteiger partial charge in [0.2, 0.25) is 5.91 Å². The van der Waals surface area contributed by atoms with E-state index >= 15 is 0 Å². The number of benzene rings is 1. The van der Waals surface area contributed by atoms with Gasteiger partial charge >= 0.3 is 0 Å². The van der Waals surface area contributed by atoms with Gasteiger partial charge in [-0.2, -0.15) is 0 Å². The first-order valence-electron chi connectivity index (χ1n) is 9.15. The van der Waals surface area contributed by atoms with Crippen LogP contribution >= 0.6 is 0 Å². The molecule has 0 aromatic heterocycles. The fourth-order valence-electron chi connectivity index (χ4n) is 5.79. The molecule has 1 aromatic carbocycles. The van der Waals surface area contributed by atoms with E-state index in [1.807, 2.05) is 30.3 Å². The Morgan fingerprint density at radius 1 is 1.04 bits per heavy atom. The zero-order valence-electron chi connectivity index (χ0n) is 13.8. The first-order chi connectivity index (χ1) is 11.2. The SMILES string of the molecule is O=C(CC12CC3CC(CC(C3)C1)C2)NCCOc1ccccc1. The number of ether oxygens (including phenoxy) is 1. The lowest BCUT2D eigenvalue weighted by atomic mass is 9.49. The Morgan fingerprint density at radius 3 is 2.26 bits per heavy atom. The highest BCUT2D eigenvalue weighted by Gasteiger charge is 2.51. The molecule has 0 aliphatic heterocycles. The van der Waals surface area contributed by atoms with E-state index in [2.05, 4.69) is 5.32 Å². The Balaban J connectivity index is 1.23. The van der Waals surface area contributed by atoms with Crippen molar-refractivity contribution in [2.45, 2.75) is 44.9 Å². The Hall–Kier alpha value is -1.51. The van der Waals surface area contributed by atoms with Crippen molar-refractivity contribution in [2.24, 2.45) is 23.2 Å². The molecule has 4 aliphatic carbocycles. The van der Waals surface area contributed by atoms with Gasteiger partial charge in [0.25, 0.3) is 0 Å². The molecule has 3 nitrogen and oxygen atoms in total. The maximum Gasteiger partial charge on any atom is 0.220 e. The number of amides is 1. The van der Waals surface area contributed by atoms with E-state index in [0.717, 1.165) is 29.9 Å². The minimum atomic E-state index is 0.226. The van der Waals surface area contributed by atoms with Crippen LogP contribution in [0.15, 0.2) is 30.3 Å². The molecule has 1 N–H and O–H groups in total. The molecule has 124 valence electrons. The van der Waals surface area contributed by atoms with E-state index in [9.17, 15) is 4.79 Å². The highest BCUT2D eigenvalue weighted by Crippen LogP contribution is 2.61. The van der Waals surface area contributed by atoms with Crippen LogP contribution in [0.1, 0.15) is 44.9 Å². The van der Waals surface area contributed by atoms with Gasteiger partial charge in [0, 0.05) is 6.42 Å². The molecule has 5 rings (SSSR count). The summed E-state index contributed by atoms with van der Waals surface area (Å²) in [6.45, 7) is 1.14. The predicted octanol–water partition coefficient (Wildman–Crippen LogP) is 3.79. The zero-order chi connectivity index (χ0) is 15.7. The quantitative estimate of drug-likeness (QED) is 0.812. The van der Waals surface area contributed by atoms with Crippen LogP contribution in [-0.2, 0) is 4.79 Å². The van der Waals surface area contributed by atoms with E-state index in [-0.39, 0.29) is 5.91 Å². The van der Waals surface area contributed by atoms with Gasteiger partial charge in [0.05, 0.1) is 6.54 Å². The van der Waals surface area contributed by atoms with Gasteiger partial charge in [0.1, 0.15) is 12.4 Å². The summed E-state index contributed by atoms with van der Waals surface area (Å²) in [4.78, 5) is 12.4. The minimum Gasteiger partial charge on any atom is -0.492 e. The number of hydrogen-bond donors (Lipinski definition) is 1. The van der Waals surface area contributed by atoms with Crippen LogP contribution in [0.5, 0.6) is 5.75 Å². The highest BCUT2D eigenvalue weighted by molar-refractivity contribution is 5.76. The first-order valence-corrected chi connectivity index (χ1v) is 9.15. The number of rotatable bonds is 6. The molecule has 0 heterocycles. The monoisotopic (exact) mass is 313 g/mol. The van der Waals surface area contributed by atoms with Gasteiger partial charge in [-0.25, -0.2) is 0 Å². The number of carbonyl (C=O) groups is 1. The smallest absolute Gasteiger partial charge is 0.220 e. The van der Waals surface area contributed by atoms with E-state index in [1.54, 1.807) is 0 Å². The maximum atomic E-state index is 12.4. The third-order valence-corrected chi connectivity index (χ3v) is 6.14. The predicted molar refractivity (Wildman–Crippen MR) is 90.2 cm³/mol. The lowest BCUT2D eigenvalue weighted by Crippen LogP contribution is -2.48. The Morgan fingerprint density at radius 2 is 1.65 bits per heavy atom. The first kappa shape index (κ1) is 15.0. The summed E-state index contributed by atoms with van der Waals surface area (Å²) in [5.41, 5.74) is 0.332. The molecule has 0 unspecified atom stereocenters. The minimum absolute atomic E-state index is 0.226. The molecule has 0 spiro atoms. The van der Waals surface area contributed by atoms with Gasteiger partial charge in [-0.1, -0.05) is 18.2 Å². The second-order valence-corrected chi connectivity index (χ2v) is 8.11. The summed E-state index contributed by atoms with van der Waals surface area (Å²) < 4.78 is 5.64. The van der Waals surface area contributed by atoms with Gasteiger partial charge < -0.3 is 10.1 Å². The molecule has 1 amide bonds. The standard InChI is InChI=1S/C20H27NO2/c22-19(21-6-7-23-18-4-2-1-3-5-18)14-20-11-15-8-16(12-20)10-17(9-15)13-20/h1-5,15-17H,6-14H2,(H,21,22). The van der Waals surface area contributed by atoms with Crippen molar-refractivity contribution in [1.82, 2.24) is 5.32 Å². The average molecular weight is 313 g/mol. The summed E-state index contributed by atoms with van der Waals surface area (Å²) >= 11 is 0. The second kappa shape index (κ2) is 6.18. The molecule has 1 aromatic rings. The summed E-state index contributed by atoms with van der Waals surface area (Å²) in [6, 6.07) is 9.77. The summed E-state index contributed by atoms with van der Waals surface area (Å²) in [6.07, 6.45) is 8.94. The van der Waals surface area contributed by atoms with Crippen LogP contribution < -0.4 is 10.1 Å². The van der Waals surface area contributed by atoms with E-state index in [1.165, 1.54) is 38.5 Å². The molecule has 4 saturated carbocycles. The largest absolute Gasteiger partial charge is 0.492 e. The van der Waals surface area contributed by atoms with Crippen LogP contribution in [0.3, 0.4) is 0 Å². The van der Waals surface area contributed by atoms with Gasteiger partial charge in [-0.05, 0) is 73.8 Å². The van der Waals surface area contributed by atoms with Gasteiger partial charge in [0.15, 0.2) is 0 Å². The summed E-state index contributed by atoms with van der Waals surface area (Å²) in [5, 5.41) is 3.06.